The third-order valence-corrected chi connectivity index (χ3v) is 2.57. The Morgan fingerprint density at radius 1 is 1.53 bits per heavy atom. The van der Waals surface area contributed by atoms with Crippen molar-refractivity contribution >= 4 is 5.91 Å². The van der Waals surface area contributed by atoms with Crippen LogP contribution < -0.4 is 11.2 Å². The average molecular weight is 206 g/mol. The second-order valence-corrected chi connectivity index (χ2v) is 3.66. The van der Waals surface area contributed by atoms with Crippen molar-refractivity contribution in [3.63, 3.8) is 0 Å². The van der Waals surface area contributed by atoms with E-state index >= 15 is 0 Å². The van der Waals surface area contributed by atoms with Gasteiger partial charge in [0.05, 0.1) is 6.04 Å². The highest BCUT2D eigenvalue weighted by atomic mass is 16.6. The SMILES string of the molecule is NC(=O)CONC1CCc2ccccc21. The smallest absolute Gasteiger partial charge is 0.245 e. The zero-order valence-electron chi connectivity index (χ0n) is 8.40. The Hall–Kier alpha value is -1.39. The number of rotatable bonds is 4. The van der Waals surface area contributed by atoms with E-state index in [1.54, 1.807) is 0 Å². The third-order valence-electron chi connectivity index (χ3n) is 2.57. The summed E-state index contributed by atoms with van der Waals surface area (Å²) in [5, 5.41) is 0. The minimum absolute atomic E-state index is 0.0847. The molecular formula is C11H14N2O2. The average Bonchev–Trinajstić information content (AvgIpc) is 2.62. The van der Waals surface area contributed by atoms with Gasteiger partial charge in [0.1, 0.15) is 6.61 Å². The molecule has 4 nitrogen and oxygen atoms in total. The van der Waals surface area contributed by atoms with Crippen molar-refractivity contribution in [2.24, 2.45) is 5.73 Å². The maximum absolute atomic E-state index is 10.5. The number of carbonyl (C=O) groups is 1. The van der Waals surface area contributed by atoms with E-state index in [1.807, 2.05) is 12.1 Å². The van der Waals surface area contributed by atoms with E-state index in [-0.39, 0.29) is 12.6 Å². The van der Waals surface area contributed by atoms with Gasteiger partial charge in [-0.1, -0.05) is 24.3 Å². The van der Waals surface area contributed by atoms with E-state index in [1.165, 1.54) is 11.1 Å². The van der Waals surface area contributed by atoms with Gasteiger partial charge in [0.15, 0.2) is 0 Å². The van der Waals surface area contributed by atoms with Crippen molar-refractivity contribution in [2.75, 3.05) is 6.61 Å². The molecule has 0 fully saturated rings. The Balaban J connectivity index is 1.93. The normalized spacial score (nSPS) is 18.8. The molecule has 0 aromatic heterocycles. The lowest BCUT2D eigenvalue weighted by Crippen LogP contribution is -2.27. The Morgan fingerprint density at radius 3 is 3.13 bits per heavy atom. The number of benzene rings is 1. The molecule has 2 rings (SSSR count). The fourth-order valence-corrected chi connectivity index (χ4v) is 1.89. The van der Waals surface area contributed by atoms with Crippen LogP contribution in [0.1, 0.15) is 23.6 Å². The third kappa shape index (κ3) is 2.34. The van der Waals surface area contributed by atoms with E-state index in [9.17, 15) is 4.79 Å². The Kier molecular flexibility index (Phi) is 2.99. The van der Waals surface area contributed by atoms with E-state index in [2.05, 4.69) is 17.6 Å². The predicted molar refractivity (Wildman–Crippen MR) is 55.8 cm³/mol. The minimum atomic E-state index is -0.464. The molecule has 0 heterocycles. The van der Waals surface area contributed by atoms with Crippen LogP contribution in [0.5, 0.6) is 0 Å². The van der Waals surface area contributed by atoms with Crippen LogP contribution in [0.2, 0.25) is 0 Å². The number of hydrogen-bond acceptors (Lipinski definition) is 3. The van der Waals surface area contributed by atoms with Crippen LogP contribution in [0, 0.1) is 0 Å². The van der Waals surface area contributed by atoms with E-state index in [0.29, 0.717) is 0 Å². The molecule has 4 heteroatoms. The summed E-state index contributed by atoms with van der Waals surface area (Å²) in [5.74, 6) is -0.464. The van der Waals surface area contributed by atoms with E-state index in [4.69, 9.17) is 10.6 Å². The van der Waals surface area contributed by atoms with Crippen molar-refractivity contribution in [1.29, 1.82) is 0 Å². The molecule has 0 radical (unpaired) electrons. The summed E-state index contributed by atoms with van der Waals surface area (Å²) in [6.07, 6.45) is 2.05. The predicted octanol–water partition coefficient (Wildman–Crippen LogP) is 0.680. The highest BCUT2D eigenvalue weighted by molar-refractivity contribution is 5.74. The Morgan fingerprint density at radius 2 is 2.33 bits per heavy atom. The molecule has 1 atom stereocenters. The molecule has 0 bridgehead atoms. The zero-order chi connectivity index (χ0) is 10.7. The van der Waals surface area contributed by atoms with Gasteiger partial charge in [0, 0.05) is 0 Å². The first-order chi connectivity index (χ1) is 7.27. The number of primary amides is 1. The quantitative estimate of drug-likeness (QED) is 0.712. The van der Waals surface area contributed by atoms with Crippen LogP contribution in [-0.2, 0) is 16.1 Å². The summed E-state index contributed by atoms with van der Waals surface area (Å²) < 4.78 is 0. The largest absolute Gasteiger partial charge is 0.368 e. The van der Waals surface area contributed by atoms with Crippen molar-refractivity contribution in [2.45, 2.75) is 18.9 Å². The van der Waals surface area contributed by atoms with Gasteiger partial charge >= 0.3 is 0 Å². The molecule has 1 aromatic rings. The van der Waals surface area contributed by atoms with Gasteiger partial charge in [-0.25, -0.2) is 0 Å². The van der Waals surface area contributed by atoms with E-state index in [0.717, 1.165) is 12.8 Å². The van der Waals surface area contributed by atoms with Crippen molar-refractivity contribution in [3.8, 4) is 0 Å². The molecule has 0 saturated carbocycles. The number of hydroxylamine groups is 1. The molecule has 80 valence electrons. The summed E-state index contributed by atoms with van der Waals surface area (Å²) in [6, 6.07) is 8.41. The molecule has 3 N–H and O–H groups in total. The van der Waals surface area contributed by atoms with Crippen LogP contribution in [0.3, 0.4) is 0 Å². The molecule has 0 aliphatic heterocycles. The van der Waals surface area contributed by atoms with Gasteiger partial charge in [-0.3, -0.25) is 9.63 Å². The molecule has 1 amide bonds. The number of aryl methyl sites for hydroxylation is 1. The van der Waals surface area contributed by atoms with Gasteiger partial charge in [-0.05, 0) is 24.0 Å². The van der Waals surface area contributed by atoms with Gasteiger partial charge in [0.25, 0.3) is 0 Å². The first-order valence-electron chi connectivity index (χ1n) is 5.01. The summed E-state index contributed by atoms with van der Waals surface area (Å²) in [6.45, 7) is -0.0847. The monoisotopic (exact) mass is 206 g/mol. The highest BCUT2D eigenvalue weighted by Gasteiger charge is 2.21. The number of fused-ring (bicyclic) bond motifs is 1. The standard InChI is InChI=1S/C11H14N2O2/c12-11(14)7-15-13-10-6-5-8-3-1-2-4-9(8)10/h1-4,10,13H,5-7H2,(H2,12,14). The molecule has 15 heavy (non-hydrogen) atoms. The fourth-order valence-electron chi connectivity index (χ4n) is 1.89. The molecule has 1 aliphatic carbocycles. The lowest BCUT2D eigenvalue weighted by atomic mass is 10.1. The van der Waals surface area contributed by atoms with Gasteiger partial charge in [-0.2, -0.15) is 5.48 Å². The summed E-state index contributed by atoms with van der Waals surface area (Å²) in [7, 11) is 0. The highest BCUT2D eigenvalue weighted by Crippen LogP contribution is 2.30. The number of hydrogen-bond donors (Lipinski definition) is 2. The van der Waals surface area contributed by atoms with Crippen molar-refractivity contribution in [3.05, 3.63) is 35.4 Å². The number of carbonyl (C=O) groups excluding carboxylic acids is 1. The zero-order valence-corrected chi connectivity index (χ0v) is 8.40. The fraction of sp³-hybridized carbons (Fsp3) is 0.364. The van der Waals surface area contributed by atoms with Gasteiger partial charge in [-0.15, -0.1) is 0 Å². The molecule has 1 aromatic carbocycles. The second kappa shape index (κ2) is 4.42. The first-order valence-corrected chi connectivity index (χ1v) is 5.01. The van der Waals surface area contributed by atoms with Crippen LogP contribution >= 0.6 is 0 Å². The maximum Gasteiger partial charge on any atom is 0.245 e. The maximum atomic E-state index is 10.5. The van der Waals surface area contributed by atoms with Crippen LogP contribution in [0.25, 0.3) is 0 Å². The summed E-state index contributed by atoms with van der Waals surface area (Å²) in [5.41, 5.74) is 10.4. The minimum Gasteiger partial charge on any atom is -0.368 e. The molecule has 1 aliphatic rings. The molecule has 0 saturated heterocycles. The second-order valence-electron chi connectivity index (χ2n) is 3.66. The van der Waals surface area contributed by atoms with Crippen LogP contribution in [-0.4, -0.2) is 12.5 Å². The Bertz CT molecular complexity index is 365. The molecule has 1 unspecified atom stereocenters. The van der Waals surface area contributed by atoms with Crippen LogP contribution in [0.15, 0.2) is 24.3 Å². The first kappa shape index (κ1) is 10.1. The summed E-state index contributed by atoms with van der Waals surface area (Å²) >= 11 is 0. The number of nitrogens with two attached hydrogens (primary N) is 1. The van der Waals surface area contributed by atoms with Crippen LogP contribution in [0.4, 0.5) is 0 Å². The van der Waals surface area contributed by atoms with Gasteiger partial charge < -0.3 is 5.73 Å². The van der Waals surface area contributed by atoms with Crippen molar-refractivity contribution in [1.82, 2.24) is 5.48 Å². The number of nitrogens with one attached hydrogen (secondary N) is 1. The van der Waals surface area contributed by atoms with Crippen molar-refractivity contribution < 1.29 is 9.63 Å². The van der Waals surface area contributed by atoms with Gasteiger partial charge in [0.2, 0.25) is 5.91 Å². The topological polar surface area (TPSA) is 64.4 Å². The summed E-state index contributed by atoms with van der Waals surface area (Å²) in [4.78, 5) is 15.5. The molecule has 0 spiro atoms. The van der Waals surface area contributed by atoms with E-state index < -0.39 is 5.91 Å². The Labute approximate surface area is 88.4 Å². The number of amides is 1. The lowest BCUT2D eigenvalue weighted by molar-refractivity contribution is -0.126. The lowest BCUT2D eigenvalue weighted by Gasteiger charge is -2.12. The molecular weight excluding hydrogens is 192 g/mol.